The van der Waals surface area contributed by atoms with Gasteiger partial charge in [0.05, 0.1) is 5.69 Å². The van der Waals surface area contributed by atoms with Crippen LogP contribution in [-0.4, -0.2) is 31.1 Å². The Morgan fingerprint density at radius 2 is 2.15 bits per heavy atom. The topological polar surface area (TPSA) is 78.7 Å². The molecule has 0 spiro atoms. The van der Waals surface area contributed by atoms with E-state index >= 15 is 0 Å². The van der Waals surface area contributed by atoms with E-state index in [1.165, 1.54) is 0 Å². The summed E-state index contributed by atoms with van der Waals surface area (Å²) in [5.41, 5.74) is 8.09. The summed E-state index contributed by atoms with van der Waals surface area (Å²) in [6, 6.07) is -0.469. The highest BCUT2D eigenvalue weighted by Gasteiger charge is 2.24. The van der Waals surface area contributed by atoms with Crippen molar-refractivity contribution < 1.29 is 4.79 Å². The van der Waals surface area contributed by atoms with E-state index in [9.17, 15) is 4.79 Å². The molecule has 0 radical (unpaired) electrons. The van der Waals surface area contributed by atoms with Gasteiger partial charge in [-0.2, -0.15) is 5.10 Å². The molecule has 2 rings (SSSR count). The highest BCUT2D eigenvalue weighted by Crippen LogP contribution is 2.24. The van der Waals surface area contributed by atoms with Crippen LogP contribution in [0.2, 0.25) is 0 Å². The Kier molecular flexibility index (Phi) is 4.32. The molecule has 2 heterocycles. The maximum absolute atomic E-state index is 11.6. The van der Waals surface area contributed by atoms with Crippen molar-refractivity contribution in [2.75, 3.05) is 5.88 Å². The quantitative estimate of drug-likeness (QED) is 0.822. The number of aromatic nitrogens is 4. The molecule has 20 heavy (non-hydrogen) atoms. The van der Waals surface area contributed by atoms with Gasteiger partial charge in [0.2, 0.25) is 5.91 Å². The summed E-state index contributed by atoms with van der Waals surface area (Å²) in [6.45, 7) is 3.87. The lowest BCUT2D eigenvalue weighted by Crippen LogP contribution is -2.26. The van der Waals surface area contributed by atoms with Gasteiger partial charge in [0, 0.05) is 19.3 Å². The van der Waals surface area contributed by atoms with Crippen molar-refractivity contribution in [2.45, 2.75) is 39.2 Å². The Hall–Kier alpha value is -1.56. The van der Waals surface area contributed by atoms with Gasteiger partial charge in [-0.3, -0.25) is 9.48 Å². The van der Waals surface area contributed by atoms with E-state index in [0.717, 1.165) is 35.5 Å². The Morgan fingerprint density at radius 3 is 2.70 bits per heavy atom. The van der Waals surface area contributed by atoms with E-state index < -0.39 is 11.9 Å². The molecule has 0 aliphatic rings. The molecule has 0 aliphatic heterocycles. The first-order valence-corrected chi connectivity index (χ1v) is 7.32. The zero-order valence-electron chi connectivity index (χ0n) is 12.1. The normalized spacial score (nSPS) is 13.0. The number of aryl methyl sites for hydroxylation is 3. The molecule has 2 N–H and O–H groups in total. The van der Waals surface area contributed by atoms with Gasteiger partial charge in [0.25, 0.3) is 0 Å². The Morgan fingerprint density at radius 1 is 1.45 bits per heavy atom. The molecule has 0 aromatic carbocycles. The number of carbonyl (C=O) groups excluding carboxylic acids is 1. The Bertz CT molecular complexity index is 630. The third kappa shape index (κ3) is 2.40. The van der Waals surface area contributed by atoms with Crippen LogP contribution in [0.1, 0.15) is 37.8 Å². The van der Waals surface area contributed by atoms with Crippen LogP contribution in [0, 0.1) is 0 Å². The van der Waals surface area contributed by atoms with E-state index in [-0.39, 0.29) is 0 Å². The van der Waals surface area contributed by atoms with Gasteiger partial charge in [-0.25, -0.2) is 4.98 Å². The van der Waals surface area contributed by atoms with Crippen molar-refractivity contribution in [2.24, 2.45) is 12.8 Å². The molecule has 0 saturated heterocycles. The van der Waals surface area contributed by atoms with Crippen LogP contribution in [0.15, 0.2) is 0 Å². The number of fused-ring (bicyclic) bond motifs is 1. The number of halogens is 1. The van der Waals surface area contributed by atoms with Gasteiger partial charge in [-0.1, -0.05) is 13.3 Å². The van der Waals surface area contributed by atoms with Crippen LogP contribution in [-0.2, 0) is 24.7 Å². The van der Waals surface area contributed by atoms with Gasteiger partial charge in [0.15, 0.2) is 5.65 Å². The average molecular weight is 298 g/mol. The van der Waals surface area contributed by atoms with Crippen molar-refractivity contribution in [3.8, 4) is 0 Å². The summed E-state index contributed by atoms with van der Waals surface area (Å²) in [5.74, 6) is 0.843. The van der Waals surface area contributed by atoms with Gasteiger partial charge in [-0.05, 0) is 13.3 Å². The van der Waals surface area contributed by atoms with E-state index in [1.807, 2.05) is 11.6 Å². The molecule has 0 saturated carbocycles. The second-order valence-corrected chi connectivity index (χ2v) is 5.29. The molecule has 0 bridgehead atoms. The van der Waals surface area contributed by atoms with E-state index in [1.54, 1.807) is 11.6 Å². The molecule has 1 unspecified atom stereocenters. The van der Waals surface area contributed by atoms with Crippen LogP contribution >= 0.6 is 11.6 Å². The van der Waals surface area contributed by atoms with E-state index in [0.29, 0.717) is 12.3 Å². The number of rotatable bonds is 6. The first-order valence-electron chi connectivity index (χ1n) is 6.79. The molecule has 0 aliphatic carbocycles. The lowest BCUT2D eigenvalue weighted by atomic mass is 10.2. The molecule has 0 fully saturated rings. The molecule has 2 aromatic rings. The minimum absolute atomic E-state index is 0.390. The zero-order chi connectivity index (χ0) is 14.9. The maximum Gasteiger partial charge on any atom is 0.240 e. The zero-order valence-corrected chi connectivity index (χ0v) is 12.8. The summed E-state index contributed by atoms with van der Waals surface area (Å²) in [6.07, 6.45) is 2.45. The monoisotopic (exact) mass is 297 g/mol. The number of imidazole rings is 1. The average Bonchev–Trinajstić information content (AvgIpc) is 2.89. The van der Waals surface area contributed by atoms with Gasteiger partial charge in [-0.15, -0.1) is 11.6 Å². The third-order valence-corrected chi connectivity index (χ3v) is 3.60. The third-order valence-electron chi connectivity index (χ3n) is 3.41. The molecule has 7 heteroatoms. The van der Waals surface area contributed by atoms with Crippen molar-refractivity contribution in [3.63, 3.8) is 0 Å². The van der Waals surface area contributed by atoms with E-state index in [4.69, 9.17) is 17.3 Å². The molecule has 6 nitrogen and oxygen atoms in total. The van der Waals surface area contributed by atoms with Crippen LogP contribution in [0.4, 0.5) is 0 Å². The van der Waals surface area contributed by atoms with Crippen LogP contribution in [0.25, 0.3) is 11.2 Å². The predicted molar refractivity (Wildman–Crippen MR) is 78.8 cm³/mol. The summed E-state index contributed by atoms with van der Waals surface area (Å²) < 4.78 is 3.62. The maximum atomic E-state index is 11.6. The van der Waals surface area contributed by atoms with Crippen molar-refractivity contribution in [1.82, 2.24) is 19.3 Å². The molecule has 1 amide bonds. The lowest BCUT2D eigenvalue weighted by Gasteiger charge is -2.14. The van der Waals surface area contributed by atoms with Gasteiger partial charge in [0.1, 0.15) is 17.4 Å². The molecule has 1 atom stereocenters. The first kappa shape index (κ1) is 14.8. The Labute approximate surface area is 122 Å². The minimum Gasteiger partial charge on any atom is -0.368 e. The Balaban J connectivity index is 2.67. The summed E-state index contributed by atoms with van der Waals surface area (Å²) >= 11 is 5.84. The van der Waals surface area contributed by atoms with Gasteiger partial charge < -0.3 is 10.3 Å². The second-order valence-electron chi connectivity index (χ2n) is 4.91. The van der Waals surface area contributed by atoms with Crippen LogP contribution < -0.4 is 5.73 Å². The minimum atomic E-state index is -0.469. The fourth-order valence-corrected chi connectivity index (χ4v) is 2.62. The molecular formula is C13H20ClN5O. The highest BCUT2D eigenvalue weighted by molar-refractivity contribution is 6.17. The molecule has 110 valence electrons. The number of hydrogen-bond acceptors (Lipinski definition) is 3. The summed E-state index contributed by atoms with van der Waals surface area (Å²) in [7, 11) is 1.86. The standard InChI is InChI=1S/C13H20ClN5O/c1-4-5-9-11-13(18(3)17-9)19(8(2)12(15)20)10(16-11)6-7-14/h8H,4-7H2,1-3H3,(H2,15,20). The van der Waals surface area contributed by atoms with Crippen molar-refractivity contribution >= 4 is 28.7 Å². The van der Waals surface area contributed by atoms with Gasteiger partial charge >= 0.3 is 0 Å². The number of alkyl halides is 1. The number of carbonyl (C=O) groups is 1. The number of hydrogen-bond donors (Lipinski definition) is 1. The fraction of sp³-hybridized carbons (Fsp3) is 0.615. The highest BCUT2D eigenvalue weighted by atomic mass is 35.5. The summed E-state index contributed by atoms with van der Waals surface area (Å²) in [4.78, 5) is 16.2. The molecular weight excluding hydrogens is 278 g/mol. The van der Waals surface area contributed by atoms with Crippen LogP contribution in [0.3, 0.4) is 0 Å². The number of nitrogens with two attached hydrogens (primary N) is 1. The second kappa shape index (κ2) is 5.83. The largest absolute Gasteiger partial charge is 0.368 e. The number of primary amides is 1. The smallest absolute Gasteiger partial charge is 0.240 e. The summed E-state index contributed by atoms with van der Waals surface area (Å²) in [5, 5.41) is 4.49. The van der Waals surface area contributed by atoms with Crippen molar-refractivity contribution in [1.29, 1.82) is 0 Å². The number of amides is 1. The lowest BCUT2D eigenvalue weighted by molar-refractivity contribution is -0.120. The van der Waals surface area contributed by atoms with E-state index in [2.05, 4.69) is 17.0 Å². The molecule has 2 aromatic heterocycles. The fourth-order valence-electron chi connectivity index (χ4n) is 2.45. The predicted octanol–water partition coefficient (Wildman–Crippen LogP) is 1.55. The van der Waals surface area contributed by atoms with Crippen molar-refractivity contribution in [3.05, 3.63) is 11.5 Å². The first-order chi connectivity index (χ1) is 9.51. The van der Waals surface area contributed by atoms with Crippen LogP contribution in [0.5, 0.6) is 0 Å². The SMILES string of the molecule is CCCc1nn(C)c2c1nc(CCCl)n2C(C)C(N)=O. The number of nitrogens with zero attached hydrogens (tertiary/aromatic N) is 4.